The van der Waals surface area contributed by atoms with Crippen LogP contribution in [0.15, 0.2) is 58.7 Å². The standard InChI is InChI=1S/C20H17N7O4/c1-12-17(25-21-10-13-2-6-15(7-3-13)18(28)29)23-20(27-24-12)26-22-11-14-4-8-16(9-5-14)19(30)31/h2-11H,1H3,(H,28,29)(H,30,31)(H2,23,25,26,27)/b21-10-,22-11-. The summed E-state index contributed by atoms with van der Waals surface area (Å²) >= 11 is 0. The number of aryl methyl sites for hydroxylation is 1. The predicted octanol–water partition coefficient (Wildman–Crippen LogP) is 2.47. The maximum atomic E-state index is 10.9. The zero-order chi connectivity index (χ0) is 22.2. The van der Waals surface area contributed by atoms with Gasteiger partial charge in [0.25, 0.3) is 5.95 Å². The van der Waals surface area contributed by atoms with Gasteiger partial charge in [-0.2, -0.15) is 15.2 Å². The first-order chi connectivity index (χ1) is 14.9. The minimum Gasteiger partial charge on any atom is -0.478 e. The Morgan fingerprint density at radius 3 is 1.77 bits per heavy atom. The van der Waals surface area contributed by atoms with Gasteiger partial charge in [-0.25, -0.2) is 15.0 Å². The maximum absolute atomic E-state index is 10.9. The number of nitrogens with zero attached hydrogens (tertiary/aromatic N) is 5. The number of carboxylic acid groups (broad SMARTS) is 2. The van der Waals surface area contributed by atoms with E-state index in [9.17, 15) is 9.59 Å². The van der Waals surface area contributed by atoms with Crippen LogP contribution < -0.4 is 10.9 Å². The van der Waals surface area contributed by atoms with Crippen LogP contribution in [-0.2, 0) is 0 Å². The van der Waals surface area contributed by atoms with Gasteiger partial charge in [0.05, 0.1) is 23.6 Å². The molecule has 0 radical (unpaired) electrons. The summed E-state index contributed by atoms with van der Waals surface area (Å²) in [5.41, 5.74) is 7.68. The molecular weight excluding hydrogens is 402 g/mol. The number of aromatic carboxylic acids is 2. The number of benzene rings is 2. The zero-order valence-electron chi connectivity index (χ0n) is 16.2. The van der Waals surface area contributed by atoms with Crippen LogP contribution in [0.5, 0.6) is 0 Å². The molecule has 0 aliphatic heterocycles. The quantitative estimate of drug-likeness (QED) is 0.317. The van der Waals surface area contributed by atoms with Gasteiger partial charge < -0.3 is 10.2 Å². The molecule has 0 spiro atoms. The molecule has 2 aromatic carbocycles. The molecule has 0 unspecified atom stereocenters. The summed E-state index contributed by atoms with van der Waals surface area (Å²) in [7, 11) is 0. The molecule has 11 heteroatoms. The van der Waals surface area contributed by atoms with Crippen molar-refractivity contribution >= 4 is 36.1 Å². The Morgan fingerprint density at radius 2 is 1.29 bits per heavy atom. The first-order valence-electron chi connectivity index (χ1n) is 8.88. The van der Waals surface area contributed by atoms with Crippen molar-refractivity contribution in [3.63, 3.8) is 0 Å². The van der Waals surface area contributed by atoms with E-state index in [-0.39, 0.29) is 17.1 Å². The van der Waals surface area contributed by atoms with E-state index in [4.69, 9.17) is 10.2 Å². The Hall–Kier alpha value is -4.67. The van der Waals surface area contributed by atoms with Crippen molar-refractivity contribution in [2.75, 3.05) is 10.9 Å². The third-order valence-electron chi connectivity index (χ3n) is 3.93. The second-order valence-corrected chi connectivity index (χ2v) is 6.16. The molecule has 4 N–H and O–H groups in total. The monoisotopic (exact) mass is 419 g/mol. The Labute approximate surface area is 176 Å². The molecule has 0 atom stereocenters. The van der Waals surface area contributed by atoms with Gasteiger partial charge in [0.1, 0.15) is 5.69 Å². The summed E-state index contributed by atoms with van der Waals surface area (Å²) in [5.74, 6) is -1.51. The van der Waals surface area contributed by atoms with Gasteiger partial charge >= 0.3 is 11.9 Å². The molecular formula is C20H17N7O4. The fraction of sp³-hybridized carbons (Fsp3) is 0.0500. The van der Waals surface area contributed by atoms with Crippen molar-refractivity contribution in [1.29, 1.82) is 0 Å². The number of rotatable bonds is 8. The Bertz CT molecular complexity index is 1140. The van der Waals surface area contributed by atoms with E-state index >= 15 is 0 Å². The summed E-state index contributed by atoms with van der Waals surface area (Å²) < 4.78 is 0. The zero-order valence-corrected chi connectivity index (χ0v) is 16.2. The van der Waals surface area contributed by atoms with Gasteiger partial charge in [-0.15, -0.1) is 10.2 Å². The number of aromatic nitrogens is 3. The topological polar surface area (TPSA) is 162 Å². The molecule has 0 saturated carbocycles. The fourth-order valence-corrected chi connectivity index (χ4v) is 2.29. The van der Waals surface area contributed by atoms with E-state index in [1.807, 2.05) is 0 Å². The minimum absolute atomic E-state index is 0.132. The molecule has 3 rings (SSSR count). The SMILES string of the molecule is Cc1nnc(N/N=C\c2ccc(C(=O)O)cc2)nc1N/N=C\c1ccc(C(=O)O)cc1. The lowest BCUT2D eigenvalue weighted by Crippen LogP contribution is -2.05. The van der Waals surface area contributed by atoms with Crippen molar-refractivity contribution in [1.82, 2.24) is 15.2 Å². The van der Waals surface area contributed by atoms with Crippen molar-refractivity contribution in [2.24, 2.45) is 10.2 Å². The molecule has 3 aromatic rings. The highest BCUT2D eigenvalue weighted by Crippen LogP contribution is 2.10. The molecule has 0 aliphatic rings. The van der Waals surface area contributed by atoms with E-state index in [2.05, 4.69) is 36.2 Å². The first-order valence-corrected chi connectivity index (χ1v) is 8.88. The average Bonchev–Trinajstić information content (AvgIpc) is 2.76. The Kier molecular flexibility index (Phi) is 6.58. The molecule has 31 heavy (non-hydrogen) atoms. The Morgan fingerprint density at radius 1 is 0.806 bits per heavy atom. The van der Waals surface area contributed by atoms with E-state index in [1.165, 1.54) is 36.7 Å². The molecule has 0 saturated heterocycles. The maximum Gasteiger partial charge on any atom is 0.335 e. The van der Waals surface area contributed by atoms with Crippen LogP contribution in [0.2, 0.25) is 0 Å². The third kappa shape index (κ3) is 5.90. The van der Waals surface area contributed by atoms with Crippen LogP contribution in [0.3, 0.4) is 0 Å². The normalized spacial score (nSPS) is 11.0. The fourth-order valence-electron chi connectivity index (χ4n) is 2.29. The van der Waals surface area contributed by atoms with Crippen molar-refractivity contribution in [2.45, 2.75) is 6.92 Å². The number of carboxylic acids is 2. The second kappa shape index (κ2) is 9.69. The van der Waals surface area contributed by atoms with Gasteiger partial charge in [-0.3, -0.25) is 5.43 Å². The van der Waals surface area contributed by atoms with E-state index in [0.29, 0.717) is 22.6 Å². The molecule has 1 aromatic heterocycles. The highest BCUT2D eigenvalue weighted by Gasteiger charge is 2.05. The minimum atomic E-state index is -0.999. The summed E-state index contributed by atoms with van der Waals surface area (Å²) in [6.07, 6.45) is 3.00. The highest BCUT2D eigenvalue weighted by molar-refractivity contribution is 5.90. The van der Waals surface area contributed by atoms with Crippen LogP contribution >= 0.6 is 0 Å². The summed E-state index contributed by atoms with van der Waals surface area (Å²) in [4.78, 5) is 26.0. The molecule has 0 bridgehead atoms. The number of hydrogen-bond donors (Lipinski definition) is 4. The lowest BCUT2D eigenvalue weighted by molar-refractivity contribution is 0.0686. The molecule has 0 aliphatic carbocycles. The number of hydrogen-bond acceptors (Lipinski definition) is 9. The first kappa shape index (κ1) is 21.0. The van der Waals surface area contributed by atoms with Gasteiger partial charge in [0, 0.05) is 0 Å². The van der Waals surface area contributed by atoms with Crippen molar-refractivity contribution < 1.29 is 19.8 Å². The van der Waals surface area contributed by atoms with Crippen molar-refractivity contribution in [3.8, 4) is 0 Å². The van der Waals surface area contributed by atoms with Gasteiger partial charge in [-0.1, -0.05) is 24.3 Å². The van der Waals surface area contributed by atoms with E-state index < -0.39 is 11.9 Å². The van der Waals surface area contributed by atoms with Crippen LogP contribution in [0, 0.1) is 6.92 Å². The van der Waals surface area contributed by atoms with Gasteiger partial charge in [0.15, 0.2) is 5.82 Å². The molecule has 156 valence electrons. The summed E-state index contributed by atoms with van der Waals surface area (Å²) in [5, 5.41) is 33.8. The average molecular weight is 419 g/mol. The van der Waals surface area contributed by atoms with Crippen LogP contribution in [0.25, 0.3) is 0 Å². The smallest absolute Gasteiger partial charge is 0.335 e. The number of nitrogens with one attached hydrogen (secondary N) is 2. The lowest BCUT2D eigenvalue weighted by atomic mass is 10.1. The lowest BCUT2D eigenvalue weighted by Gasteiger charge is -2.04. The predicted molar refractivity (Wildman–Crippen MR) is 114 cm³/mol. The van der Waals surface area contributed by atoms with Crippen LogP contribution in [0.1, 0.15) is 37.5 Å². The second-order valence-electron chi connectivity index (χ2n) is 6.16. The number of hydrazone groups is 2. The third-order valence-corrected chi connectivity index (χ3v) is 3.93. The largest absolute Gasteiger partial charge is 0.478 e. The van der Waals surface area contributed by atoms with Gasteiger partial charge in [-0.05, 0) is 42.3 Å². The van der Waals surface area contributed by atoms with E-state index in [1.54, 1.807) is 31.2 Å². The molecule has 0 amide bonds. The summed E-state index contributed by atoms with van der Waals surface area (Å²) in [6.45, 7) is 1.70. The highest BCUT2D eigenvalue weighted by atomic mass is 16.4. The number of anilines is 2. The van der Waals surface area contributed by atoms with Crippen LogP contribution in [-0.4, -0.2) is 49.8 Å². The Balaban J connectivity index is 1.61. The summed E-state index contributed by atoms with van der Waals surface area (Å²) in [6, 6.07) is 12.4. The number of carbonyl (C=O) groups is 2. The van der Waals surface area contributed by atoms with Crippen molar-refractivity contribution in [3.05, 3.63) is 76.5 Å². The molecule has 11 nitrogen and oxygen atoms in total. The van der Waals surface area contributed by atoms with Gasteiger partial charge in [0.2, 0.25) is 0 Å². The van der Waals surface area contributed by atoms with Crippen LogP contribution in [0.4, 0.5) is 11.8 Å². The van der Waals surface area contributed by atoms with E-state index in [0.717, 1.165) is 0 Å². The molecule has 1 heterocycles. The molecule has 0 fully saturated rings.